The molecule has 1 atom stereocenters. The van der Waals surface area contributed by atoms with Gasteiger partial charge in [-0.25, -0.2) is 0 Å². The number of rotatable bonds is 7. The van der Waals surface area contributed by atoms with Crippen molar-refractivity contribution >= 4 is 39.9 Å². The number of methoxy groups -OCH3 is 1. The topological polar surface area (TPSA) is 122 Å². The summed E-state index contributed by atoms with van der Waals surface area (Å²) in [5.41, 5.74) is 1.90. The number of hydrogen-bond acceptors (Lipinski definition) is 7. The van der Waals surface area contributed by atoms with Gasteiger partial charge in [0.05, 0.1) is 18.4 Å². The fourth-order valence-electron chi connectivity index (χ4n) is 3.27. The molecule has 0 saturated heterocycles. The Hall–Kier alpha value is -3.79. The lowest BCUT2D eigenvalue weighted by Gasteiger charge is -2.13. The van der Waals surface area contributed by atoms with Crippen molar-refractivity contribution < 1.29 is 19.1 Å². The predicted octanol–water partition coefficient (Wildman–Crippen LogP) is 2.61. The number of ether oxygens (including phenoxy) is 1. The number of amides is 3. The van der Waals surface area contributed by atoms with Crippen molar-refractivity contribution in [2.75, 3.05) is 17.7 Å². The highest BCUT2D eigenvalue weighted by molar-refractivity contribution is 7.15. The first kappa shape index (κ1) is 21.4. The Morgan fingerprint density at radius 3 is 2.69 bits per heavy atom. The molecule has 0 spiro atoms. The Balaban J connectivity index is 1.30. The van der Waals surface area contributed by atoms with Gasteiger partial charge in [0.1, 0.15) is 16.8 Å². The lowest BCUT2D eigenvalue weighted by molar-refractivity contribution is -0.118. The summed E-state index contributed by atoms with van der Waals surface area (Å²) >= 11 is 1.29. The van der Waals surface area contributed by atoms with Gasteiger partial charge in [0.2, 0.25) is 16.9 Å². The Labute approximate surface area is 188 Å². The number of carbonyl (C=O) groups excluding carboxylic acids is 3. The molecule has 32 heavy (non-hydrogen) atoms. The highest BCUT2D eigenvalue weighted by atomic mass is 32.1. The first-order valence-corrected chi connectivity index (χ1v) is 10.8. The molecule has 3 aromatic rings. The third-order valence-electron chi connectivity index (χ3n) is 4.94. The zero-order chi connectivity index (χ0) is 22.5. The van der Waals surface area contributed by atoms with Crippen LogP contribution in [0, 0.1) is 0 Å². The van der Waals surface area contributed by atoms with Crippen LogP contribution >= 0.6 is 11.3 Å². The SMILES string of the molecule is COc1ccc(Cc2nnc(NC(=O)CC[C@H]3NC(=O)c4ccccc4NC3=O)s2)cc1. The van der Waals surface area contributed by atoms with E-state index >= 15 is 0 Å². The molecule has 1 aliphatic heterocycles. The molecule has 0 fully saturated rings. The molecule has 4 rings (SSSR count). The van der Waals surface area contributed by atoms with Crippen molar-refractivity contribution in [1.82, 2.24) is 15.5 Å². The summed E-state index contributed by atoms with van der Waals surface area (Å²) in [6.07, 6.45) is 0.795. The van der Waals surface area contributed by atoms with Crippen LogP contribution in [0.25, 0.3) is 0 Å². The molecule has 1 aliphatic rings. The summed E-state index contributed by atoms with van der Waals surface area (Å²) in [4.78, 5) is 37.1. The number of benzene rings is 2. The van der Waals surface area contributed by atoms with E-state index in [0.717, 1.165) is 16.3 Å². The highest BCUT2D eigenvalue weighted by Gasteiger charge is 2.28. The fraction of sp³-hybridized carbons (Fsp3) is 0.227. The summed E-state index contributed by atoms with van der Waals surface area (Å²) in [7, 11) is 1.61. The summed E-state index contributed by atoms with van der Waals surface area (Å²) in [5.74, 6) is -0.229. The monoisotopic (exact) mass is 451 g/mol. The molecule has 0 saturated carbocycles. The predicted molar refractivity (Wildman–Crippen MR) is 120 cm³/mol. The maximum absolute atomic E-state index is 12.4. The number of aromatic nitrogens is 2. The van der Waals surface area contributed by atoms with E-state index in [0.29, 0.717) is 22.8 Å². The second-order valence-corrected chi connectivity index (χ2v) is 8.24. The van der Waals surface area contributed by atoms with Gasteiger partial charge in [0.15, 0.2) is 0 Å². The van der Waals surface area contributed by atoms with Crippen LogP contribution in [0.2, 0.25) is 0 Å². The minimum absolute atomic E-state index is 0.0438. The molecular weight excluding hydrogens is 430 g/mol. The van der Waals surface area contributed by atoms with E-state index in [1.165, 1.54) is 11.3 Å². The van der Waals surface area contributed by atoms with Gasteiger partial charge in [-0.1, -0.05) is 35.6 Å². The van der Waals surface area contributed by atoms with Crippen molar-refractivity contribution in [2.24, 2.45) is 0 Å². The average molecular weight is 452 g/mol. The minimum atomic E-state index is -0.805. The molecular formula is C22H21N5O4S. The molecule has 10 heteroatoms. The summed E-state index contributed by atoms with van der Waals surface area (Å²) < 4.78 is 5.15. The molecule has 1 aromatic heterocycles. The maximum Gasteiger partial charge on any atom is 0.254 e. The Morgan fingerprint density at radius 2 is 1.91 bits per heavy atom. The Morgan fingerprint density at radius 1 is 1.12 bits per heavy atom. The van der Waals surface area contributed by atoms with Gasteiger partial charge in [0, 0.05) is 12.8 Å². The van der Waals surface area contributed by atoms with Crippen LogP contribution < -0.4 is 20.7 Å². The zero-order valence-corrected chi connectivity index (χ0v) is 18.1. The molecule has 0 bridgehead atoms. The van der Waals surface area contributed by atoms with Crippen molar-refractivity contribution in [3.63, 3.8) is 0 Å². The first-order valence-electron chi connectivity index (χ1n) is 9.98. The third kappa shape index (κ3) is 5.09. The normalized spacial score (nSPS) is 15.2. The van der Waals surface area contributed by atoms with Crippen LogP contribution in [0.4, 0.5) is 10.8 Å². The zero-order valence-electron chi connectivity index (χ0n) is 17.3. The Kier molecular flexibility index (Phi) is 6.41. The van der Waals surface area contributed by atoms with E-state index in [-0.39, 0.29) is 30.6 Å². The van der Waals surface area contributed by atoms with Crippen molar-refractivity contribution in [3.05, 3.63) is 64.7 Å². The fourth-order valence-corrected chi connectivity index (χ4v) is 4.06. The van der Waals surface area contributed by atoms with Crippen molar-refractivity contribution in [2.45, 2.75) is 25.3 Å². The summed E-state index contributed by atoms with van der Waals surface area (Å²) in [6.45, 7) is 0. The minimum Gasteiger partial charge on any atom is -0.497 e. The Bertz CT molecular complexity index is 1150. The van der Waals surface area contributed by atoms with E-state index in [9.17, 15) is 14.4 Å². The molecule has 9 nitrogen and oxygen atoms in total. The molecule has 3 N–H and O–H groups in total. The van der Waals surface area contributed by atoms with Gasteiger partial charge in [-0.15, -0.1) is 10.2 Å². The van der Waals surface area contributed by atoms with Crippen LogP contribution in [-0.2, 0) is 16.0 Å². The van der Waals surface area contributed by atoms with Gasteiger partial charge in [0.25, 0.3) is 5.91 Å². The summed E-state index contributed by atoms with van der Waals surface area (Å²) in [6, 6.07) is 13.6. The number of para-hydroxylation sites is 1. The van der Waals surface area contributed by atoms with Gasteiger partial charge >= 0.3 is 0 Å². The van der Waals surface area contributed by atoms with Gasteiger partial charge in [-0.05, 0) is 36.2 Å². The molecule has 3 amide bonds. The second kappa shape index (κ2) is 9.56. The molecule has 164 valence electrons. The van der Waals surface area contributed by atoms with E-state index in [1.807, 2.05) is 24.3 Å². The average Bonchev–Trinajstić information content (AvgIpc) is 3.18. The number of fused-ring (bicyclic) bond motifs is 1. The van der Waals surface area contributed by atoms with Crippen LogP contribution in [0.3, 0.4) is 0 Å². The van der Waals surface area contributed by atoms with Crippen LogP contribution in [0.5, 0.6) is 5.75 Å². The molecule has 0 radical (unpaired) electrons. The number of nitrogens with one attached hydrogen (secondary N) is 3. The third-order valence-corrected chi connectivity index (χ3v) is 5.78. The number of anilines is 2. The number of hydrogen-bond donors (Lipinski definition) is 3. The second-order valence-electron chi connectivity index (χ2n) is 7.17. The van der Waals surface area contributed by atoms with E-state index in [4.69, 9.17) is 4.74 Å². The van der Waals surface area contributed by atoms with E-state index in [1.54, 1.807) is 31.4 Å². The van der Waals surface area contributed by atoms with E-state index < -0.39 is 6.04 Å². The lowest BCUT2D eigenvalue weighted by atomic mass is 10.1. The highest BCUT2D eigenvalue weighted by Crippen LogP contribution is 2.22. The quantitative estimate of drug-likeness (QED) is 0.508. The van der Waals surface area contributed by atoms with Crippen LogP contribution in [0.1, 0.15) is 33.8 Å². The number of carbonyl (C=O) groups is 3. The van der Waals surface area contributed by atoms with Crippen LogP contribution in [-0.4, -0.2) is 41.1 Å². The van der Waals surface area contributed by atoms with Gasteiger partial charge in [-0.3, -0.25) is 14.4 Å². The maximum atomic E-state index is 12.4. The largest absolute Gasteiger partial charge is 0.497 e. The standard InChI is InChI=1S/C22H21N5O4S/c1-31-14-8-6-13(7-9-14)12-19-26-27-22(32-19)25-18(28)11-10-17-21(30)23-16-5-3-2-4-15(16)20(29)24-17/h2-9,17H,10-12H2,1H3,(H,23,30)(H,24,29)(H,25,27,28)/t17-/m1/s1. The van der Waals surface area contributed by atoms with E-state index in [2.05, 4.69) is 26.1 Å². The van der Waals surface area contributed by atoms with Crippen LogP contribution in [0.15, 0.2) is 48.5 Å². The smallest absolute Gasteiger partial charge is 0.254 e. The van der Waals surface area contributed by atoms with Gasteiger partial charge < -0.3 is 20.7 Å². The summed E-state index contributed by atoms with van der Waals surface area (Å²) in [5, 5.41) is 17.4. The molecule has 0 unspecified atom stereocenters. The molecule has 0 aliphatic carbocycles. The van der Waals surface area contributed by atoms with Gasteiger partial charge in [-0.2, -0.15) is 0 Å². The van der Waals surface area contributed by atoms with Crippen molar-refractivity contribution in [1.29, 1.82) is 0 Å². The lowest BCUT2D eigenvalue weighted by Crippen LogP contribution is -2.41. The molecule has 2 heterocycles. The van der Waals surface area contributed by atoms with Crippen molar-refractivity contribution in [3.8, 4) is 5.75 Å². The number of nitrogens with zero attached hydrogens (tertiary/aromatic N) is 2. The molecule has 2 aromatic carbocycles. The first-order chi connectivity index (χ1) is 15.5.